The second-order valence-corrected chi connectivity index (χ2v) is 20.6. The second-order valence-electron chi connectivity index (χ2n) is 19.5. The number of thiophene rings is 1. The lowest BCUT2D eigenvalue weighted by Gasteiger charge is -2.24. The van der Waals surface area contributed by atoms with Crippen LogP contribution < -0.4 is 0 Å². The first-order valence-electron chi connectivity index (χ1n) is 24.3. The molecule has 0 atom stereocenters. The fourth-order valence-corrected chi connectivity index (χ4v) is 12.9. The van der Waals surface area contributed by atoms with Gasteiger partial charge in [0, 0.05) is 64.2 Å². The van der Waals surface area contributed by atoms with Crippen molar-refractivity contribution in [2.45, 2.75) is 19.3 Å². The van der Waals surface area contributed by atoms with Crippen LogP contribution in [-0.2, 0) is 5.41 Å². The van der Waals surface area contributed by atoms with E-state index in [9.17, 15) is 0 Å². The van der Waals surface area contributed by atoms with Crippen molar-refractivity contribution >= 4 is 53.3 Å². The number of rotatable bonds is 6. The summed E-state index contributed by atoms with van der Waals surface area (Å²) in [7, 11) is 0. The van der Waals surface area contributed by atoms with E-state index in [-0.39, 0.29) is 5.41 Å². The van der Waals surface area contributed by atoms with E-state index in [2.05, 4.69) is 231 Å². The number of aromatic nitrogens is 4. The minimum atomic E-state index is -0.205. The van der Waals surface area contributed by atoms with Crippen LogP contribution >= 0.6 is 11.3 Å². The van der Waals surface area contributed by atoms with Crippen molar-refractivity contribution in [2.24, 2.45) is 0 Å². The molecular weight excluding hydrogens is 881 g/mol. The van der Waals surface area contributed by atoms with Crippen molar-refractivity contribution in [2.75, 3.05) is 0 Å². The molecule has 4 nitrogen and oxygen atoms in total. The summed E-state index contributed by atoms with van der Waals surface area (Å²) in [5.41, 5.74) is 21.4. The maximum atomic E-state index is 5.21. The molecule has 2 aliphatic rings. The van der Waals surface area contributed by atoms with Crippen LogP contribution in [0.5, 0.6) is 0 Å². The predicted octanol–water partition coefficient (Wildman–Crippen LogP) is 17.6. The largest absolute Gasteiger partial charge is 0.308 e. The average molecular weight is 923 g/mol. The van der Waals surface area contributed by atoms with E-state index < -0.39 is 0 Å². The quantitative estimate of drug-likeness (QED) is 0.167. The first-order chi connectivity index (χ1) is 34.9. The molecule has 5 heteroatoms. The number of nitrogens with zero attached hydrogens (tertiary/aromatic N) is 4. The first-order valence-corrected chi connectivity index (χ1v) is 25.2. The summed E-state index contributed by atoms with van der Waals surface area (Å²) >= 11 is 1.80. The standard InChI is InChI=1S/C66H42N4S/c1-66(2)54-35-34-52-48-18-8-11-21-56(48)70-57-22-12-9-19-49(57)53-36-45(37-55(66)60(53)61(54)62(52)70)47-17-7-6-16-46(47)41-26-30-43(31-27-41)64-67-63(42-28-24-40(25-29-42)39-14-4-3-5-15-39)68-65(69-64)44-32-33-51-50-20-10-13-23-58(50)71-59(51)38-44/h3-38H,1-2H3. The van der Waals surface area contributed by atoms with Gasteiger partial charge in [0.1, 0.15) is 0 Å². The summed E-state index contributed by atoms with van der Waals surface area (Å²) in [5.74, 6) is 1.92. The van der Waals surface area contributed by atoms with Crippen LogP contribution in [0.25, 0.3) is 137 Å². The zero-order valence-electron chi connectivity index (χ0n) is 39.0. The molecular formula is C66H42N4S. The van der Waals surface area contributed by atoms with E-state index in [0.717, 1.165) is 27.8 Å². The lowest BCUT2D eigenvalue weighted by molar-refractivity contribution is 0.661. The molecule has 0 radical (unpaired) electrons. The molecule has 10 aromatic carbocycles. The van der Waals surface area contributed by atoms with Gasteiger partial charge in [0.15, 0.2) is 17.5 Å². The number of hydrogen-bond acceptors (Lipinski definition) is 4. The van der Waals surface area contributed by atoms with Gasteiger partial charge in [-0.2, -0.15) is 0 Å². The summed E-state index contributed by atoms with van der Waals surface area (Å²) in [4.78, 5) is 15.6. The molecule has 0 amide bonds. The summed E-state index contributed by atoms with van der Waals surface area (Å²) < 4.78 is 5.01. The lowest BCUT2D eigenvalue weighted by Crippen LogP contribution is -2.15. The summed E-state index contributed by atoms with van der Waals surface area (Å²) in [6, 6.07) is 79.4. The van der Waals surface area contributed by atoms with Crippen molar-refractivity contribution in [1.29, 1.82) is 0 Å². The van der Waals surface area contributed by atoms with Crippen LogP contribution in [-0.4, -0.2) is 19.5 Å². The Hall–Kier alpha value is -8.77. The molecule has 4 heterocycles. The van der Waals surface area contributed by atoms with Crippen LogP contribution in [0, 0.1) is 0 Å². The molecule has 71 heavy (non-hydrogen) atoms. The Balaban J connectivity index is 0.853. The van der Waals surface area contributed by atoms with Crippen molar-refractivity contribution in [3.8, 4) is 95.5 Å². The Bertz CT molecular complexity index is 4350. The van der Waals surface area contributed by atoms with E-state index in [1.54, 1.807) is 11.3 Å². The van der Waals surface area contributed by atoms with Gasteiger partial charge in [-0.3, -0.25) is 0 Å². The van der Waals surface area contributed by atoms with E-state index in [0.29, 0.717) is 17.5 Å². The maximum absolute atomic E-state index is 5.21. The van der Waals surface area contributed by atoms with Crippen LogP contribution in [0.2, 0.25) is 0 Å². The van der Waals surface area contributed by atoms with Gasteiger partial charge in [-0.15, -0.1) is 11.3 Å². The molecule has 15 rings (SSSR count). The fourth-order valence-electron chi connectivity index (χ4n) is 11.8. The molecule has 332 valence electrons. The predicted molar refractivity (Wildman–Crippen MR) is 296 cm³/mol. The monoisotopic (exact) mass is 922 g/mol. The molecule has 0 N–H and O–H groups in total. The number of para-hydroxylation sites is 2. The molecule has 0 unspecified atom stereocenters. The summed E-state index contributed by atoms with van der Waals surface area (Å²) in [6.07, 6.45) is 0. The Morgan fingerprint density at radius 2 is 0.901 bits per heavy atom. The van der Waals surface area contributed by atoms with E-state index in [4.69, 9.17) is 15.0 Å². The Labute approximate surface area is 414 Å². The summed E-state index contributed by atoms with van der Waals surface area (Å²) in [6.45, 7) is 4.81. The number of fused-ring (bicyclic) bond motifs is 9. The minimum Gasteiger partial charge on any atom is -0.308 e. The maximum Gasteiger partial charge on any atom is 0.164 e. The highest BCUT2D eigenvalue weighted by Gasteiger charge is 2.41. The smallest absolute Gasteiger partial charge is 0.164 e. The molecule has 0 saturated carbocycles. The van der Waals surface area contributed by atoms with E-state index >= 15 is 0 Å². The highest BCUT2D eigenvalue weighted by atomic mass is 32.1. The molecule has 1 aliphatic carbocycles. The third kappa shape index (κ3) is 6.00. The van der Waals surface area contributed by atoms with Crippen molar-refractivity contribution in [1.82, 2.24) is 19.5 Å². The number of benzene rings is 10. The zero-order chi connectivity index (χ0) is 47.0. The van der Waals surface area contributed by atoms with E-state index in [1.165, 1.54) is 103 Å². The van der Waals surface area contributed by atoms with Crippen molar-refractivity contribution in [3.05, 3.63) is 230 Å². The van der Waals surface area contributed by atoms with Gasteiger partial charge < -0.3 is 4.57 Å². The van der Waals surface area contributed by atoms with E-state index in [1.807, 2.05) is 6.07 Å². The molecule has 13 aromatic rings. The lowest BCUT2D eigenvalue weighted by atomic mass is 9.79. The topological polar surface area (TPSA) is 43.6 Å². The van der Waals surface area contributed by atoms with Crippen LogP contribution in [0.4, 0.5) is 0 Å². The van der Waals surface area contributed by atoms with Crippen molar-refractivity contribution in [3.63, 3.8) is 0 Å². The molecule has 1 aliphatic heterocycles. The van der Waals surface area contributed by atoms with Gasteiger partial charge in [0.25, 0.3) is 0 Å². The molecule has 3 aromatic heterocycles. The Morgan fingerprint density at radius 1 is 0.352 bits per heavy atom. The Kier molecular flexibility index (Phi) is 8.55. The van der Waals surface area contributed by atoms with Gasteiger partial charge in [0.05, 0.1) is 16.7 Å². The molecule has 0 spiro atoms. The fraction of sp³-hybridized carbons (Fsp3) is 0.0455. The van der Waals surface area contributed by atoms with Gasteiger partial charge in [-0.05, 0) is 92.0 Å². The third-order valence-electron chi connectivity index (χ3n) is 15.2. The minimum absolute atomic E-state index is 0.205. The summed E-state index contributed by atoms with van der Waals surface area (Å²) in [5, 5.41) is 5.11. The van der Waals surface area contributed by atoms with Gasteiger partial charge in [-0.1, -0.05) is 196 Å². The molecule has 0 saturated heterocycles. The number of hydrogen-bond donors (Lipinski definition) is 0. The first kappa shape index (κ1) is 40.1. The molecule has 0 fully saturated rings. The highest BCUT2D eigenvalue weighted by molar-refractivity contribution is 7.25. The second kappa shape index (κ2) is 15.1. The van der Waals surface area contributed by atoms with Gasteiger partial charge in [0.2, 0.25) is 0 Å². The van der Waals surface area contributed by atoms with Crippen molar-refractivity contribution < 1.29 is 0 Å². The van der Waals surface area contributed by atoms with Crippen LogP contribution in [0.1, 0.15) is 25.0 Å². The third-order valence-corrected chi connectivity index (χ3v) is 16.4. The van der Waals surface area contributed by atoms with Crippen LogP contribution in [0.15, 0.2) is 218 Å². The van der Waals surface area contributed by atoms with Gasteiger partial charge >= 0.3 is 0 Å². The highest BCUT2D eigenvalue weighted by Crippen LogP contribution is 2.59. The Morgan fingerprint density at radius 3 is 1.66 bits per heavy atom. The van der Waals surface area contributed by atoms with Gasteiger partial charge in [-0.25, -0.2) is 15.0 Å². The zero-order valence-corrected chi connectivity index (χ0v) is 39.8. The van der Waals surface area contributed by atoms with Crippen LogP contribution in [0.3, 0.4) is 0 Å². The molecule has 0 bridgehead atoms. The normalized spacial score (nSPS) is 13.0. The SMILES string of the molecule is CC1(C)c2cc(-c3ccccc3-c3ccc(-c4nc(-c5ccc(-c6ccccc6)cc5)nc(-c5ccc6c(c5)sc5ccccc56)n4)cc3)cc3c2-c2c1ccc1c4ccccc4n(c21)-c1ccccc1-3. The average Bonchev–Trinajstić information content (AvgIpc) is 4.02.